The maximum absolute atomic E-state index is 14.5. The normalized spacial score (nSPS) is 16.9. The van der Waals surface area contributed by atoms with Crippen molar-refractivity contribution < 1.29 is 47.7 Å². The first-order valence-corrected chi connectivity index (χ1v) is 25.4. The average Bonchev–Trinajstić information content (AvgIpc) is 3.38. The molecular formula is C60H68F2N6O8. The lowest BCUT2D eigenvalue weighted by atomic mass is 9.92. The first kappa shape index (κ1) is 57.8. The molecule has 0 aromatic heterocycles. The smallest absolute Gasteiger partial charge is 0.310 e. The molecule has 16 heteroatoms. The maximum atomic E-state index is 14.5. The van der Waals surface area contributed by atoms with Crippen molar-refractivity contribution in [3.63, 3.8) is 0 Å². The van der Waals surface area contributed by atoms with Gasteiger partial charge in [-0.3, -0.25) is 24.0 Å². The van der Waals surface area contributed by atoms with Crippen molar-refractivity contribution in [2.75, 3.05) is 26.2 Å². The van der Waals surface area contributed by atoms with E-state index in [0.717, 1.165) is 33.4 Å². The summed E-state index contributed by atoms with van der Waals surface area (Å²) in [7, 11) is 0. The molecule has 6 aromatic rings. The van der Waals surface area contributed by atoms with E-state index >= 15 is 0 Å². The summed E-state index contributed by atoms with van der Waals surface area (Å²) in [6.45, 7) is 6.86. The van der Waals surface area contributed by atoms with Gasteiger partial charge in [0.2, 0.25) is 17.7 Å². The SMILES string of the molecule is CC(=O)N[C@@H](Cc1cc(F)cc(Cc2ccccc2)c1)C(O)C1NCCN(Cc2ccccc2)C1=O.CC(=O)OC(C)=O.N[C@@H](Cc1cc(F)cc(Cc2ccccc2)c1)C(O)C1NCCN(Cc2ccccc2)C1=O. The van der Waals surface area contributed by atoms with E-state index in [1.165, 1.54) is 45.0 Å². The topological polar surface area (TPSA) is 204 Å². The molecule has 3 amide bonds. The second-order valence-electron chi connectivity index (χ2n) is 19.1. The number of carbonyl (C=O) groups excluding carboxylic acids is 5. The molecule has 2 saturated heterocycles. The number of esters is 2. The zero-order chi connectivity index (χ0) is 54.6. The van der Waals surface area contributed by atoms with Crippen LogP contribution < -0.4 is 21.7 Å². The van der Waals surface area contributed by atoms with E-state index in [-0.39, 0.29) is 42.2 Å². The van der Waals surface area contributed by atoms with Crippen molar-refractivity contribution in [2.24, 2.45) is 5.73 Å². The van der Waals surface area contributed by atoms with Gasteiger partial charge in [-0.1, -0.05) is 133 Å². The Morgan fingerprint density at radius 3 is 1.32 bits per heavy atom. The van der Waals surface area contributed by atoms with Gasteiger partial charge in [0, 0.05) is 66.1 Å². The fraction of sp³-hybridized carbons (Fsp3) is 0.317. The molecule has 8 rings (SSSR count). The van der Waals surface area contributed by atoms with Crippen LogP contribution in [0.15, 0.2) is 158 Å². The van der Waals surface area contributed by atoms with Crippen LogP contribution in [0.5, 0.6) is 0 Å². The molecule has 0 spiro atoms. The summed E-state index contributed by atoms with van der Waals surface area (Å²) in [5, 5.41) is 31.2. The second kappa shape index (κ2) is 29.0. The number of nitrogens with two attached hydrogens (primary N) is 1. The minimum absolute atomic E-state index is 0.169. The van der Waals surface area contributed by atoms with Crippen LogP contribution in [0.3, 0.4) is 0 Å². The van der Waals surface area contributed by atoms with Gasteiger partial charge < -0.3 is 46.4 Å². The minimum atomic E-state index is -1.19. The van der Waals surface area contributed by atoms with Crippen LogP contribution in [0.25, 0.3) is 0 Å². The van der Waals surface area contributed by atoms with E-state index in [0.29, 0.717) is 63.2 Å². The summed E-state index contributed by atoms with van der Waals surface area (Å²) in [6.07, 6.45) is -0.649. The Morgan fingerprint density at radius 2 is 0.934 bits per heavy atom. The molecule has 7 N–H and O–H groups in total. The van der Waals surface area contributed by atoms with E-state index < -0.39 is 48.3 Å². The summed E-state index contributed by atoms with van der Waals surface area (Å²) >= 11 is 0. The molecule has 76 heavy (non-hydrogen) atoms. The van der Waals surface area contributed by atoms with Crippen LogP contribution in [-0.4, -0.2) is 112 Å². The summed E-state index contributed by atoms with van der Waals surface area (Å²) in [5.74, 6) is -2.56. The van der Waals surface area contributed by atoms with Gasteiger partial charge in [0.15, 0.2) is 0 Å². The molecule has 2 aliphatic heterocycles. The molecule has 14 nitrogen and oxygen atoms in total. The predicted octanol–water partition coefficient (Wildman–Crippen LogP) is 5.57. The van der Waals surface area contributed by atoms with E-state index in [9.17, 15) is 43.0 Å². The Bertz CT molecular complexity index is 2820. The van der Waals surface area contributed by atoms with Gasteiger partial charge in [0.25, 0.3) is 0 Å². The van der Waals surface area contributed by atoms with Gasteiger partial charge in [0.1, 0.15) is 23.7 Å². The first-order valence-electron chi connectivity index (χ1n) is 25.4. The standard InChI is InChI=1S/C29H32FN3O3.C27H30FN3O2.C4H6O3/c1-20(34)32-26(18-24-15-23(16-25(30)17-24)14-21-8-4-2-5-9-21)28(35)27-29(36)33(13-12-31-27)19-22-10-6-3-7-11-22;28-23-15-21(13-19-7-3-1-4-8-19)14-22(16-23)17-24(29)26(32)25-27(33)31(12-11-30-25)18-20-9-5-2-6-10-20;1-3(5)7-4(2)6/h2-11,15-17,26-28,31,35H,12-14,18-19H2,1H3,(H,32,34);1-10,14-16,24-26,30,32H,11-13,17-18,29H2;1-2H3/t26-,27?,28?;24-,25?,26?;/m00./s1. The largest absolute Gasteiger partial charge is 0.394 e. The first-order chi connectivity index (χ1) is 36.5. The fourth-order valence-corrected chi connectivity index (χ4v) is 9.34. The number of aliphatic hydroxyl groups excluding tert-OH is 2. The van der Waals surface area contributed by atoms with Gasteiger partial charge in [-0.05, 0) is 94.5 Å². The van der Waals surface area contributed by atoms with Gasteiger partial charge in [-0.2, -0.15) is 0 Å². The zero-order valence-corrected chi connectivity index (χ0v) is 43.1. The third-order valence-corrected chi connectivity index (χ3v) is 12.8. The van der Waals surface area contributed by atoms with E-state index in [2.05, 4.69) is 20.7 Å². The Hall–Kier alpha value is -7.47. The van der Waals surface area contributed by atoms with E-state index in [1.54, 1.807) is 9.80 Å². The Kier molecular flexibility index (Phi) is 22.1. The number of piperazine rings is 2. The number of hydrogen-bond acceptors (Lipinski definition) is 11. The number of hydrogen-bond donors (Lipinski definition) is 6. The number of aliphatic hydroxyl groups is 2. The van der Waals surface area contributed by atoms with Gasteiger partial charge in [0.05, 0.1) is 18.2 Å². The van der Waals surface area contributed by atoms with Gasteiger partial charge >= 0.3 is 11.9 Å². The number of benzene rings is 6. The monoisotopic (exact) mass is 1040 g/mol. The molecule has 2 aliphatic rings. The lowest BCUT2D eigenvalue weighted by molar-refractivity contribution is -0.156. The highest BCUT2D eigenvalue weighted by atomic mass is 19.1. The van der Waals surface area contributed by atoms with Gasteiger partial charge in [-0.15, -0.1) is 0 Å². The molecule has 0 aliphatic carbocycles. The summed E-state index contributed by atoms with van der Waals surface area (Å²) in [5.41, 5.74) is 13.5. The zero-order valence-electron chi connectivity index (χ0n) is 43.1. The molecule has 2 fully saturated rings. The molecule has 400 valence electrons. The van der Waals surface area contributed by atoms with E-state index in [1.807, 2.05) is 133 Å². The summed E-state index contributed by atoms with van der Waals surface area (Å²) < 4.78 is 32.7. The Morgan fingerprint density at radius 1 is 0.566 bits per heavy atom. The van der Waals surface area contributed by atoms with E-state index in [4.69, 9.17) is 5.73 Å². The summed E-state index contributed by atoms with van der Waals surface area (Å²) in [4.78, 5) is 61.3. The van der Waals surface area contributed by atoms with Crippen molar-refractivity contribution in [2.45, 2.75) is 95.9 Å². The van der Waals surface area contributed by atoms with Crippen LogP contribution in [0, 0.1) is 11.6 Å². The van der Waals surface area contributed by atoms with Crippen LogP contribution >= 0.6 is 0 Å². The number of halogens is 2. The number of carbonyl (C=O) groups is 5. The summed E-state index contributed by atoms with van der Waals surface area (Å²) in [6, 6.07) is 45.6. The number of nitrogens with one attached hydrogen (secondary N) is 3. The fourth-order valence-electron chi connectivity index (χ4n) is 9.34. The van der Waals surface area contributed by atoms with Crippen molar-refractivity contribution in [1.29, 1.82) is 0 Å². The van der Waals surface area contributed by atoms with Crippen LogP contribution in [0.1, 0.15) is 65.3 Å². The Labute approximate surface area is 443 Å². The molecule has 6 atom stereocenters. The molecule has 2 heterocycles. The minimum Gasteiger partial charge on any atom is -0.394 e. The average molecular weight is 1040 g/mol. The van der Waals surface area contributed by atoms with Gasteiger partial charge in [-0.25, -0.2) is 8.78 Å². The predicted molar refractivity (Wildman–Crippen MR) is 286 cm³/mol. The molecule has 4 unspecified atom stereocenters. The molecule has 0 saturated carbocycles. The van der Waals surface area contributed by atoms with Crippen molar-refractivity contribution in [3.8, 4) is 0 Å². The third kappa shape index (κ3) is 18.4. The highest BCUT2D eigenvalue weighted by Gasteiger charge is 2.39. The highest BCUT2D eigenvalue weighted by Crippen LogP contribution is 2.21. The van der Waals surface area contributed by atoms with Crippen LogP contribution in [0.4, 0.5) is 8.78 Å². The maximum Gasteiger partial charge on any atom is 0.310 e. The lowest BCUT2D eigenvalue weighted by Crippen LogP contribution is -2.63. The molecule has 0 bridgehead atoms. The number of ether oxygens (including phenoxy) is 1. The van der Waals surface area contributed by atoms with Crippen molar-refractivity contribution in [1.82, 2.24) is 25.8 Å². The molecule has 6 aromatic carbocycles. The lowest BCUT2D eigenvalue weighted by Gasteiger charge is -2.38. The van der Waals surface area contributed by atoms with Crippen molar-refractivity contribution >= 4 is 29.7 Å². The quantitative estimate of drug-likeness (QED) is 0.0493. The molecular weight excluding hydrogens is 971 g/mol. The number of rotatable bonds is 17. The van der Waals surface area contributed by atoms with Crippen LogP contribution in [0.2, 0.25) is 0 Å². The molecule has 0 radical (unpaired) electrons. The number of amides is 3. The third-order valence-electron chi connectivity index (χ3n) is 12.8. The highest BCUT2D eigenvalue weighted by molar-refractivity contribution is 5.84. The van der Waals surface area contributed by atoms with Crippen LogP contribution in [-0.2, 0) is 67.5 Å². The second-order valence-corrected chi connectivity index (χ2v) is 19.1. The van der Waals surface area contributed by atoms with Crippen molar-refractivity contribution in [3.05, 3.63) is 214 Å². The Balaban J connectivity index is 0.000000220. The number of nitrogens with zero attached hydrogens (tertiary/aromatic N) is 2.